The molecule has 0 unspecified atom stereocenters. The van der Waals surface area contributed by atoms with Gasteiger partial charge in [-0.1, -0.05) is 12.1 Å². The molecule has 0 aromatic heterocycles. The zero-order chi connectivity index (χ0) is 13.1. The molecule has 3 rings (SSSR count). The van der Waals surface area contributed by atoms with Gasteiger partial charge in [0.25, 0.3) is 0 Å². The maximum absolute atomic E-state index is 12.2. The highest BCUT2D eigenvalue weighted by molar-refractivity contribution is 7.99. The maximum Gasteiger partial charge on any atom is 0.227 e. The molecule has 1 aromatic rings. The van der Waals surface area contributed by atoms with Crippen molar-refractivity contribution in [1.29, 1.82) is 0 Å². The Kier molecular flexibility index (Phi) is 4.09. The van der Waals surface area contributed by atoms with E-state index >= 15 is 0 Å². The van der Waals surface area contributed by atoms with Crippen molar-refractivity contribution in [2.24, 2.45) is 0 Å². The monoisotopic (exact) mass is 277 g/mol. The summed E-state index contributed by atoms with van der Waals surface area (Å²) in [5.41, 5.74) is 2.57. The Morgan fingerprint density at radius 3 is 3.00 bits per heavy atom. The Hall–Kier alpha value is -1.00. The number of morpholine rings is 1. The molecule has 0 N–H and O–H groups in total. The average molecular weight is 277 g/mol. The summed E-state index contributed by atoms with van der Waals surface area (Å²) in [5, 5.41) is 0. The van der Waals surface area contributed by atoms with E-state index in [-0.39, 0.29) is 5.91 Å². The minimum absolute atomic E-state index is 0.228. The Morgan fingerprint density at radius 2 is 2.16 bits per heavy atom. The summed E-state index contributed by atoms with van der Waals surface area (Å²) in [6.07, 6.45) is 2.93. The van der Waals surface area contributed by atoms with E-state index in [0.29, 0.717) is 19.6 Å². The van der Waals surface area contributed by atoms with E-state index in [1.165, 1.54) is 22.6 Å². The van der Waals surface area contributed by atoms with Crippen molar-refractivity contribution in [3.05, 3.63) is 29.3 Å². The summed E-state index contributed by atoms with van der Waals surface area (Å²) in [6, 6.07) is 6.51. The summed E-state index contributed by atoms with van der Waals surface area (Å²) in [6.45, 7) is 2.82. The number of ether oxygens (including phenoxy) is 1. The van der Waals surface area contributed by atoms with Crippen LogP contribution in [-0.4, -0.2) is 42.9 Å². The highest BCUT2D eigenvalue weighted by Gasteiger charge is 2.18. The van der Waals surface area contributed by atoms with Crippen LogP contribution >= 0.6 is 11.8 Å². The standard InChI is InChI=1S/C15H19NO2S/c17-15(16-5-7-18-8-6-16)11-12-3-4-14-13(10-12)2-1-9-19-14/h3-4,10H,1-2,5-9,11H2. The van der Waals surface area contributed by atoms with Gasteiger partial charge in [-0.05, 0) is 35.8 Å². The molecule has 2 aliphatic rings. The van der Waals surface area contributed by atoms with Gasteiger partial charge in [0.15, 0.2) is 0 Å². The van der Waals surface area contributed by atoms with Crippen LogP contribution in [0.3, 0.4) is 0 Å². The summed E-state index contributed by atoms with van der Waals surface area (Å²) < 4.78 is 5.28. The highest BCUT2D eigenvalue weighted by Crippen LogP contribution is 2.30. The van der Waals surface area contributed by atoms with Crippen molar-refractivity contribution in [3.8, 4) is 0 Å². The fourth-order valence-electron chi connectivity index (χ4n) is 2.62. The van der Waals surface area contributed by atoms with Crippen molar-refractivity contribution in [2.45, 2.75) is 24.2 Å². The molecular weight excluding hydrogens is 258 g/mol. The molecule has 19 heavy (non-hydrogen) atoms. The van der Waals surface area contributed by atoms with Gasteiger partial charge in [-0.3, -0.25) is 4.79 Å². The molecule has 2 aliphatic heterocycles. The molecule has 2 heterocycles. The smallest absolute Gasteiger partial charge is 0.227 e. The molecule has 3 nitrogen and oxygen atoms in total. The van der Waals surface area contributed by atoms with E-state index in [4.69, 9.17) is 4.74 Å². The lowest BCUT2D eigenvalue weighted by molar-refractivity contribution is -0.134. The third-order valence-corrected chi connectivity index (χ3v) is 4.89. The number of carbonyl (C=O) groups is 1. The van der Waals surface area contributed by atoms with Crippen LogP contribution in [0.1, 0.15) is 17.5 Å². The topological polar surface area (TPSA) is 29.5 Å². The first-order chi connectivity index (χ1) is 9.33. The Labute approximate surface area is 118 Å². The number of amides is 1. The number of rotatable bonds is 2. The molecule has 0 radical (unpaired) electrons. The van der Waals surface area contributed by atoms with Crippen LogP contribution in [0, 0.1) is 0 Å². The second-order valence-electron chi connectivity index (χ2n) is 5.06. The summed E-state index contributed by atoms with van der Waals surface area (Å²) in [7, 11) is 0. The molecule has 1 aromatic carbocycles. The second-order valence-corrected chi connectivity index (χ2v) is 6.20. The molecule has 1 saturated heterocycles. The fourth-order valence-corrected chi connectivity index (χ4v) is 3.64. The van der Waals surface area contributed by atoms with Crippen LogP contribution in [0.5, 0.6) is 0 Å². The average Bonchev–Trinajstić information content (AvgIpc) is 2.48. The number of hydrogen-bond donors (Lipinski definition) is 0. The summed E-state index contributed by atoms with van der Waals surface area (Å²) >= 11 is 1.93. The van der Waals surface area contributed by atoms with Gasteiger partial charge in [0.05, 0.1) is 19.6 Å². The van der Waals surface area contributed by atoms with Crippen molar-refractivity contribution in [2.75, 3.05) is 32.1 Å². The van der Waals surface area contributed by atoms with E-state index in [1.807, 2.05) is 16.7 Å². The Morgan fingerprint density at radius 1 is 1.32 bits per heavy atom. The van der Waals surface area contributed by atoms with Gasteiger partial charge < -0.3 is 9.64 Å². The van der Waals surface area contributed by atoms with Crippen molar-refractivity contribution < 1.29 is 9.53 Å². The van der Waals surface area contributed by atoms with Gasteiger partial charge in [0.1, 0.15) is 0 Å². The largest absolute Gasteiger partial charge is 0.378 e. The molecule has 0 bridgehead atoms. The molecule has 0 atom stereocenters. The molecule has 102 valence electrons. The first-order valence-corrected chi connectivity index (χ1v) is 7.91. The fraction of sp³-hybridized carbons (Fsp3) is 0.533. The van der Waals surface area contributed by atoms with Crippen molar-refractivity contribution in [3.63, 3.8) is 0 Å². The van der Waals surface area contributed by atoms with Crippen LogP contribution in [0.2, 0.25) is 0 Å². The van der Waals surface area contributed by atoms with Crippen LogP contribution in [0.4, 0.5) is 0 Å². The van der Waals surface area contributed by atoms with Crippen molar-refractivity contribution >= 4 is 17.7 Å². The molecule has 1 fully saturated rings. The van der Waals surface area contributed by atoms with Crippen LogP contribution in [-0.2, 0) is 22.4 Å². The van der Waals surface area contributed by atoms with Crippen LogP contribution in [0.15, 0.2) is 23.1 Å². The zero-order valence-electron chi connectivity index (χ0n) is 11.1. The number of nitrogens with zero attached hydrogens (tertiary/aromatic N) is 1. The molecule has 1 amide bonds. The van der Waals surface area contributed by atoms with E-state index in [9.17, 15) is 4.79 Å². The number of fused-ring (bicyclic) bond motifs is 1. The van der Waals surface area contributed by atoms with Gasteiger partial charge in [0, 0.05) is 18.0 Å². The lowest BCUT2D eigenvalue weighted by atomic mass is 10.0. The minimum Gasteiger partial charge on any atom is -0.378 e. The quantitative estimate of drug-likeness (QED) is 0.829. The first-order valence-electron chi connectivity index (χ1n) is 6.93. The zero-order valence-corrected chi connectivity index (χ0v) is 11.9. The van der Waals surface area contributed by atoms with Crippen LogP contribution < -0.4 is 0 Å². The molecule has 0 aliphatic carbocycles. The number of hydrogen-bond acceptors (Lipinski definition) is 3. The van der Waals surface area contributed by atoms with Crippen LogP contribution in [0.25, 0.3) is 0 Å². The predicted molar refractivity (Wildman–Crippen MR) is 76.6 cm³/mol. The van der Waals surface area contributed by atoms with E-state index in [1.54, 1.807) is 0 Å². The van der Waals surface area contributed by atoms with Gasteiger partial charge in [-0.25, -0.2) is 0 Å². The molecule has 4 heteroatoms. The Balaban J connectivity index is 1.67. The summed E-state index contributed by atoms with van der Waals surface area (Å²) in [5.74, 6) is 1.45. The van der Waals surface area contributed by atoms with Crippen molar-refractivity contribution in [1.82, 2.24) is 4.90 Å². The first kappa shape index (κ1) is 13.0. The van der Waals surface area contributed by atoms with Gasteiger partial charge in [-0.2, -0.15) is 0 Å². The highest BCUT2D eigenvalue weighted by atomic mass is 32.2. The molecule has 0 saturated carbocycles. The molecule has 0 spiro atoms. The van der Waals surface area contributed by atoms with Gasteiger partial charge >= 0.3 is 0 Å². The third kappa shape index (κ3) is 3.12. The minimum atomic E-state index is 0.228. The van der Waals surface area contributed by atoms with E-state index in [2.05, 4.69) is 18.2 Å². The van der Waals surface area contributed by atoms with Gasteiger partial charge in [-0.15, -0.1) is 11.8 Å². The number of aryl methyl sites for hydroxylation is 1. The maximum atomic E-state index is 12.2. The van der Waals surface area contributed by atoms with E-state index in [0.717, 1.165) is 25.1 Å². The number of thioether (sulfide) groups is 1. The van der Waals surface area contributed by atoms with Gasteiger partial charge in [0.2, 0.25) is 5.91 Å². The SMILES string of the molecule is O=C(Cc1ccc2c(c1)CCCS2)N1CCOCC1. The lowest BCUT2D eigenvalue weighted by Crippen LogP contribution is -2.41. The number of benzene rings is 1. The second kappa shape index (κ2) is 5.97. The lowest BCUT2D eigenvalue weighted by Gasteiger charge is -2.27. The Bertz CT molecular complexity index is 469. The normalized spacial score (nSPS) is 19.1. The summed E-state index contributed by atoms with van der Waals surface area (Å²) in [4.78, 5) is 15.5. The predicted octanol–water partition coefficient (Wildman–Crippen LogP) is 2.13. The third-order valence-electron chi connectivity index (χ3n) is 3.69. The molecular formula is C15H19NO2S. The number of carbonyl (C=O) groups excluding carboxylic acids is 1. The van der Waals surface area contributed by atoms with E-state index < -0.39 is 0 Å².